The number of hydrogen-bond acceptors (Lipinski definition) is 3. The van der Waals surface area contributed by atoms with Gasteiger partial charge in [0.15, 0.2) is 5.76 Å². The van der Waals surface area contributed by atoms with Crippen LogP contribution >= 0.6 is 0 Å². The predicted molar refractivity (Wildman–Crippen MR) is 65.8 cm³/mol. The number of hydrogen-bond donors (Lipinski definition) is 1. The summed E-state index contributed by atoms with van der Waals surface area (Å²) in [4.78, 5) is 13.8. The van der Waals surface area contributed by atoms with Crippen LogP contribution in [-0.2, 0) is 6.42 Å². The zero-order valence-electron chi connectivity index (χ0n) is 10.5. The molecule has 0 radical (unpaired) electrons. The van der Waals surface area contributed by atoms with Crippen LogP contribution in [-0.4, -0.2) is 29.4 Å². The molecule has 1 aromatic heterocycles. The minimum atomic E-state index is -0.176. The summed E-state index contributed by atoms with van der Waals surface area (Å²) in [7, 11) is 0. The first-order valence-electron chi connectivity index (χ1n) is 6.25. The highest BCUT2D eigenvalue weighted by Gasteiger charge is 2.41. The SMILES string of the molecule is CCCC1(N)CN(C(=O)c2ccc(CC)o2)C1. The first-order chi connectivity index (χ1) is 8.08. The van der Waals surface area contributed by atoms with Gasteiger partial charge in [0, 0.05) is 19.5 Å². The van der Waals surface area contributed by atoms with Crippen LogP contribution in [0.15, 0.2) is 16.5 Å². The van der Waals surface area contributed by atoms with E-state index in [9.17, 15) is 4.79 Å². The normalized spacial score (nSPS) is 17.9. The van der Waals surface area contributed by atoms with Gasteiger partial charge in [-0.25, -0.2) is 0 Å². The first kappa shape index (κ1) is 12.2. The maximum absolute atomic E-state index is 12.0. The monoisotopic (exact) mass is 236 g/mol. The Morgan fingerprint density at radius 2 is 2.18 bits per heavy atom. The van der Waals surface area contributed by atoms with Crippen LogP contribution in [0.3, 0.4) is 0 Å². The maximum Gasteiger partial charge on any atom is 0.289 e. The summed E-state index contributed by atoms with van der Waals surface area (Å²) < 4.78 is 5.45. The molecule has 0 aromatic carbocycles. The molecule has 17 heavy (non-hydrogen) atoms. The molecular formula is C13H20N2O2. The largest absolute Gasteiger partial charge is 0.456 e. The second-order valence-corrected chi connectivity index (χ2v) is 4.89. The van der Waals surface area contributed by atoms with Crippen molar-refractivity contribution in [3.63, 3.8) is 0 Å². The fraction of sp³-hybridized carbons (Fsp3) is 0.615. The second kappa shape index (κ2) is 4.53. The van der Waals surface area contributed by atoms with E-state index in [1.165, 1.54) is 0 Å². The van der Waals surface area contributed by atoms with E-state index in [-0.39, 0.29) is 11.4 Å². The number of carbonyl (C=O) groups excluding carboxylic acids is 1. The average molecular weight is 236 g/mol. The average Bonchev–Trinajstić information content (AvgIpc) is 2.73. The Bertz CT molecular complexity index is 405. The molecule has 1 amide bonds. The van der Waals surface area contributed by atoms with Crippen molar-refractivity contribution in [2.45, 2.75) is 38.6 Å². The van der Waals surface area contributed by atoms with E-state index in [2.05, 4.69) is 6.92 Å². The van der Waals surface area contributed by atoms with Crippen molar-refractivity contribution in [2.75, 3.05) is 13.1 Å². The lowest BCUT2D eigenvalue weighted by atomic mass is 9.86. The Morgan fingerprint density at radius 1 is 1.47 bits per heavy atom. The van der Waals surface area contributed by atoms with Crippen molar-refractivity contribution in [3.8, 4) is 0 Å². The van der Waals surface area contributed by atoms with E-state index in [1.807, 2.05) is 13.0 Å². The summed E-state index contributed by atoms with van der Waals surface area (Å²) in [5.41, 5.74) is 5.95. The van der Waals surface area contributed by atoms with E-state index in [4.69, 9.17) is 10.2 Å². The Morgan fingerprint density at radius 3 is 2.71 bits per heavy atom. The highest BCUT2D eigenvalue weighted by Crippen LogP contribution is 2.25. The number of likely N-dealkylation sites (tertiary alicyclic amines) is 1. The van der Waals surface area contributed by atoms with Gasteiger partial charge in [0.05, 0.1) is 5.54 Å². The highest BCUT2D eigenvalue weighted by molar-refractivity contribution is 5.92. The Hall–Kier alpha value is -1.29. The lowest BCUT2D eigenvalue weighted by molar-refractivity contribution is 0.0355. The van der Waals surface area contributed by atoms with E-state index >= 15 is 0 Å². The number of aryl methyl sites for hydroxylation is 1. The van der Waals surface area contributed by atoms with Crippen molar-refractivity contribution in [3.05, 3.63) is 23.7 Å². The van der Waals surface area contributed by atoms with E-state index in [1.54, 1.807) is 11.0 Å². The number of rotatable bonds is 4. The molecule has 1 aliphatic heterocycles. The van der Waals surface area contributed by atoms with Crippen LogP contribution in [0, 0.1) is 0 Å². The summed E-state index contributed by atoms with van der Waals surface area (Å²) >= 11 is 0. The van der Waals surface area contributed by atoms with Gasteiger partial charge in [0.1, 0.15) is 5.76 Å². The van der Waals surface area contributed by atoms with Crippen LogP contribution in [0.4, 0.5) is 0 Å². The minimum Gasteiger partial charge on any atom is -0.456 e. The molecule has 4 nitrogen and oxygen atoms in total. The molecule has 1 saturated heterocycles. The molecular weight excluding hydrogens is 216 g/mol. The van der Waals surface area contributed by atoms with Gasteiger partial charge in [0.25, 0.3) is 5.91 Å². The number of amides is 1. The molecule has 0 saturated carbocycles. The van der Waals surface area contributed by atoms with Crippen LogP contribution in [0.5, 0.6) is 0 Å². The van der Waals surface area contributed by atoms with Crippen LogP contribution < -0.4 is 5.73 Å². The smallest absolute Gasteiger partial charge is 0.289 e. The predicted octanol–water partition coefficient (Wildman–Crippen LogP) is 1.80. The fourth-order valence-corrected chi connectivity index (χ4v) is 2.35. The van der Waals surface area contributed by atoms with Gasteiger partial charge < -0.3 is 15.1 Å². The molecule has 2 heterocycles. The maximum atomic E-state index is 12.0. The first-order valence-corrected chi connectivity index (χ1v) is 6.25. The molecule has 4 heteroatoms. The van der Waals surface area contributed by atoms with Gasteiger partial charge in [-0.15, -0.1) is 0 Å². The van der Waals surface area contributed by atoms with Crippen molar-refractivity contribution in [1.82, 2.24) is 4.90 Å². The van der Waals surface area contributed by atoms with Gasteiger partial charge >= 0.3 is 0 Å². The minimum absolute atomic E-state index is 0.0399. The molecule has 94 valence electrons. The zero-order valence-corrected chi connectivity index (χ0v) is 10.5. The lowest BCUT2D eigenvalue weighted by Crippen LogP contribution is -2.68. The van der Waals surface area contributed by atoms with E-state index < -0.39 is 0 Å². The third-order valence-electron chi connectivity index (χ3n) is 3.27. The standard InChI is InChI=1S/C13H20N2O2/c1-3-7-13(14)8-15(9-13)12(16)11-6-5-10(4-2)17-11/h5-6H,3-4,7-9,14H2,1-2H3. The van der Waals surface area contributed by atoms with Gasteiger partial charge in [-0.3, -0.25) is 4.79 Å². The Labute approximate surface area is 102 Å². The van der Waals surface area contributed by atoms with Gasteiger partial charge in [-0.2, -0.15) is 0 Å². The topological polar surface area (TPSA) is 59.5 Å². The van der Waals surface area contributed by atoms with Crippen LogP contribution in [0.2, 0.25) is 0 Å². The number of furan rings is 1. The molecule has 0 aliphatic carbocycles. The van der Waals surface area contributed by atoms with Crippen molar-refractivity contribution >= 4 is 5.91 Å². The van der Waals surface area contributed by atoms with Crippen molar-refractivity contribution in [1.29, 1.82) is 0 Å². The number of nitrogens with zero attached hydrogens (tertiary/aromatic N) is 1. The third kappa shape index (κ3) is 2.36. The van der Waals surface area contributed by atoms with Crippen LogP contribution in [0.25, 0.3) is 0 Å². The molecule has 1 aromatic rings. The Kier molecular flexibility index (Phi) is 3.24. The molecule has 1 aliphatic rings. The van der Waals surface area contributed by atoms with Gasteiger partial charge in [-0.05, 0) is 18.6 Å². The zero-order chi connectivity index (χ0) is 12.5. The molecule has 0 unspecified atom stereocenters. The molecule has 1 fully saturated rings. The molecule has 0 bridgehead atoms. The quantitative estimate of drug-likeness (QED) is 0.867. The second-order valence-electron chi connectivity index (χ2n) is 4.89. The fourth-order valence-electron chi connectivity index (χ4n) is 2.35. The van der Waals surface area contributed by atoms with Gasteiger partial charge in [0.2, 0.25) is 0 Å². The third-order valence-corrected chi connectivity index (χ3v) is 3.27. The molecule has 0 atom stereocenters. The summed E-state index contributed by atoms with van der Waals surface area (Å²) in [5.74, 6) is 1.24. The summed E-state index contributed by atoms with van der Waals surface area (Å²) in [5, 5.41) is 0. The molecule has 0 spiro atoms. The highest BCUT2D eigenvalue weighted by atomic mass is 16.4. The Balaban J connectivity index is 1.95. The molecule has 2 N–H and O–H groups in total. The summed E-state index contributed by atoms with van der Waals surface area (Å²) in [6.45, 7) is 5.39. The van der Waals surface area contributed by atoms with Crippen LogP contribution in [0.1, 0.15) is 43.0 Å². The number of nitrogens with two attached hydrogens (primary N) is 1. The summed E-state index contributed by atoms with van der Waals surface area (Å²) in [6.07, 6.45) is 2.83. The van der Waals surface area contributed by atoms with Crippen molar-refractivity contribution in [2.24, 2.45) is 5.73 Å². The number of carbonyl (C=O) groups is 1. The van der Waals surface area contributed by atoms with Gasteiger partial charge in [-0.1, -0.05) is 20.3 Å². The van der Waals surface area contributed by atoms with Crippen molar-refractivity contribution < 1.29 is 9.21 Å². The van der Waals surface area contributed by atoms with E-state index in [0.717, 1.165) is 25.0 Å². The molecule has 2 rings (SSSR count). The lowest BCUT2D eigenvalue weighted by Gasteiger charge is -2.47. The summed E-state index contributed by atoms with van der Waals surface area (Å²) in [6, 6.07) is 3.60. The van der Waals surface area contributed by atoms with E-state index in [0.29, 0.717) is 18.8 Å².